The molecule has 8 heteroatoms. The molecule has 0 spiro atoms. The standard InChI is InChI=1S/C14H19N3O4.ClH/c1-10-11(2)16(8-7-15-10)14(18)9-21-13-6-4-3-5-12(13)17(19)20;/h3-6,10-11,15H,7-9H2,1-2H3;1H. The van der Waals surface area contributed by atoms with Crippen LogP contribution in [-0.4, -0.2) is 47.5 Å². The van der Waals surface area contributed by atoms with Crippen molar-refractivity contribution in [3.05, 3.63) is 34.4 Å². The minimum atomic E-state index is -0.519. The first kappa shape index (κ1) is 18.2. The molecule has 2 rings (SSSR count). The Bertz CT molecular complexity index is 541. The lowest BCUT2D eigenvalue weighted by Gasteiger charge is -2.38. The molecule has 2 atom stereocenters. The Hall–Kier alpha value is -1.86. The number of benzene rings is 1. The second-order valence-corrected chi connectivity index (χ2v) is 5.08. The average Bonchev–Trinajstić information content (AvgIpc) is 2.47. The highest BCUT2D eigenvalue weighted by Gasteiger charge is 2.28. The summed E-state index contributed by atoms with van der Waals surface area (Å²) in [4.78, 5) is 24.3. The fourth-order valence-electron chi connectivity index (χ4n) is 2.36. The molecule has 22 heavy (non-hydrogen) atoms. The summed E-state index contributed by atoms with van der Waals surface area (Å²) in [5.41, 5.74) is -0.132. The van der Waals surface area contributed by atoms with Crippen LogP contribution in [0.5, 0.6) is 5.75 Å². The summed E-state index contributed by atoms with van der Waals surface area (Å²) >= 11 is 0. The van der Waals surface area contributed by atoms with Gasteiger partial charge in [0, 0.05) is 31.2 Å². The lowest BCUT2D eigenvalue weighted by molar-refractivity contribution is -0.385. The van der Waals surface area contributed by atoms with Crippen LogP contribution in [-0.2, 0) is 4.79 Å². The molecule has 1 aromatic rings. The van der Waals surface area contributed by atoms with Crippen molar-refractivity contribution in [1.29, 1.82) is 0 Å². The van der Waals surface area contributed by atoms with Gasteiger partial charge in [0.25, 0.3) is 5.91 Å². The molecule has 1 aromatic carbocycles. The van der Waals surface area contributed by atoms with Crippen LogP contribution in [0, 0.1) is 10.1 Å². The zero-order valence-electron chi connectivity index (χ0n) is 12.5. The number of para-hydroxylation sites is 2. The smallest absolute Gasteiger partial charge is 0.310 e. The van der Waals surface area contributed by atoms with E-state index >= 15 is 0 Å². The zero-order chi connectivity index (χ0) is 15.4. The molecule has 122 valence electrons. The first-order chi connectivity index (χ1) is 10.0. The predicted octanol–water partition coefficient (Wildman–Crippen LogP) is 1.60. The van der Waals surface area contributed by atoms with Gasteiger partial charge in [-0.05, 0) is 19.9 Å². The van der Waals surface area contributed by atoms with E-state index in [4.69, 9.17) is 4.74 Å². The van der Waals surface area contributed by atoms with Crippen LogP contribution in [0.15, 0.2) is 24.3 Å². The van der Waals surface area contributed by atoms with E-state index in [-0.39, 0.29) is 48.4 Å². The number of piperazine rings is 1. The number of carbonyl (C=O) groups excluding carboxylic acids is 1. The second-order valence-electron chi connectivity index (χ2n) is 5.08. The third kappa shape index (κ3) is 4.08. The summed E-state index contributed by atoms with van der Waals surface area (Å²) in [5, 5.41) is 14.2. The molecule has 7 nitrogen and oxygen atoms in total. The number of hydrogen-bond acceptors (Lipinski definition) is 5. The SMILES string of the molecule is CC1NCCN(C(=O)COc2ccccc2[N+](=O)[O-])C1C.Cl. The molecule has 0 bridgehead atoms. The molecule has 1 heterocycles. The third-order valence-corrected chi connectivity index (χ3v) is 3.77. The van der Waals surface area contributed by atoms with Crippen molar-refractivity contribution < 1.29 is 14.5 Å². The van der Waals surface area contributed by atoms with Gasteiger partial charge in [-0.15, -0.1) is 12.4 Å². The van der Waals surface area contributed by atoms with Gasteiger partial charge in [-0.3, -0.25) is 14.9 Å². The summed E-state index contributed by atoms with van der Waals surface area (Å²) < 4.78 is 5.34. The van der Waals surface area contributed by atoms with Crippen LogP contribution in [0.25, 0.3) is 0 Å². The zero-order valence-corrected chi connectivity index (χ0v) is 13.3. The van der Waals surface area contributed by atoms with E-state index < -0.39 is 4.92 Å². The maximum absolute atomic E-state index is 12.2. The molecule has 0 aliphatic carbocycles. The van der Waals surface area contributed by atoms with Crippen molar-refractivity contribution in [3.8, 4) is 5.75 Å². The van der Waals surface area contributed by atoms with Gasteiger partial charge in [0.1, 0.15) is 0 Å². The molecule has 2 unspecified atom stereocenters. The summed E-state index contributed by atoms with van der Waals surface area (Å²) in [6.45, 7) is 5.15. The molecule has 0 radical (unpaired) electrons. The minimum absolute atomic E-state index is 0. The molecule has 1 amide bonds. The van der Waals surface area contributed by atoms with Crippen LogP contribution in [0.2, 0.25) is 0 Å². The van der Waals surface area contributed by atoms with Crippen molar-refractivity contribution in [2.75, 3.05) is 19.7 Å². The number of carbonyl (C=O) groups is 1. The van der Waals surface area contributed by atoms with Crippen LogP contribution < -0.4 is 10.1 Å². The fraction of sp³-hybridized carbons (Fsp3) is 0.500. The lowest BCUT2D eigenvalue weighted by atomic mass is 10.1. The predicted molar refractivity (Wildman–Crippen MR) is 84.5 cm³/mol. The number of hydrogen-bond donors (Lipinski definition) is 1. The van der Waals surface area contributed by atoms with Crippen LogP contribution in [0.4, 0.5) is 5.69 Å². The van der Waals surface area contributed by atoms with Crippen molar-refractivity contribution in [3.63, 3.8) is 0 Å². The maximum Gasteiger partial charge on any atom is 0.310 e. The van der Waals surface area contributed by atoms with Gasteiger partial charge >= 0.3 is 5.69 Å². The Kier molecular flexibility index (Phi) is 6.58. The molecular weight excluding hydrogens is 310 g/mol. The van der Waals surface area contributed by atoms with Gasteiger partial charge in [-0.25, -0.2) is 0 Å². The van der Waals surface area contributed by atoms with Crippen molar-refractivity contribution >= 4 is 24.0 Å². The Morgan fingerprint density at radius 2 is 2.14 bits per heavy atom. The molecule has 0 aromatic heterocycles. The molecule has 1 aliphatic heterocycles. The molecule has 1 N–H and O–H groups in total. The van der Waals surface area contributed by atoms with Crippen molar-refractivity contribution in [2.45, 2.75) is 25.9 Å². The number of ether oxygens (including phenoxy) is 1. The first-order valence-electron chi connectivity index (χ1n) is 6.89. The van der Waals surface area contributed by atoms with E-state index in [9.17, 15) is 14.9 Å². The molecule has 0 saturated carbocycles. The van der Waals surface area contributed by atoms with E-state index in [1.54, 1.807) is 17.0 Å². The number of rotatable bonds is 4. The monoisotopic (exact) mass is 329 g/mol. The summed E-state index contributed by atoms with van der Waals surface area (Å²) in [7, 11) is 0. The van der Waals surface area contributed by atoms with E-state index in [1.165, 1.54) is 12.1 Å². The quantitative estimate of drug-likeness (QED) is 0.670. The van der Waals surface area contributed by atoms with Gasteiger partial charge < -0.3 is 15.0 Å². The van der Waals surface area contributed by atoms with Crippen LogP contribution in [0.3, 0.4) is 0 Å². The fourth-order valence-corrected chi connectivity index (χ4v) is 2.36. The van der Waals surface area contributed by atoms with Crippen LogP contribution in [0.1, 0.15) is 13.8 Å². The number of nitrogens with zero attached hydrogens (tertiary/aromatic N) is 2. The molecule has 1 saturated heterocycles. The van der Waals surface area contributed by atoms with Crippen molar-refractivity contribution in [1.82, 2.24) is 10.2 Å². The normalized spacial score (nSPS) is 20.9. The second kappa shape index (κ2) is 7.95. The van der Waals surface area contributed by atoms with E-state index in [0.717, 1.165) is 6.54 Å². The Morgan fingerprint density at radius 1 is 1.45 bits per heavy atom. The summed E-state index contributed by atoms with van der Waals surface area (Å²) in [6, 6.07) is 6.34. The lowest BCUT2D eigenvalue weighted by Crippen LogP contribution is -2.58. The largest absolute Gasteiger partial charge is 0.477 e. The van der Waals surface area contributed by atoms with Gasteiger partial charge in [0.05, 0.1) is 4.92 Å². The third-order valence-electron chi connectivity index (χ3n) is 3.77. The number of nitrogens with one attached hydrogen (secondary N) is 1. The van der Waals surface area contributed by atoms with Gasteiger partial charge in [0.2, 0.25) is 0 Å². The number of amides is 1. The van der Waals surface area contributed by atoms with Crippen molar-refractivity contribution in [2.24, 2.45) is 0 Å². The van der Waals surface area contributed by atoms with Gasteiger partial charge in [-0.1, -0.05) is 12.1 Å². The number of halogens is 1. The van der Waals surface area contributed by atoms with E-state index in [1.807, 2.05) is 13.8 Å². The Labute approximate surface area is 135 Å². The highest BCUT2D eigenvalue weighted by molar-refractivity contribution is 5.85. The van der Waals surface area contributed by atoms with Gasteiger partial charge in [0.15, 0.2) is 12.4 Å². The summed E-state index contributed by atoms with van der Waals surface area (Å²) in [5.74, 6) is -0.0410. The topological polar surface area (TPSA) is 84.7 Å². The maximum atomic E-state index is 12.2. The Balaban J connectivity index is 0.00000242. The Morgan fingerprint density at radius 3 is 2.82 bits per heavy atom. The first-order valence-corrected chi connectivity index (χ1v) is 6.89. The minimum Gasteiger partial charge on any atom is -0.477 e. The summed E-state index contributed by atoms with van der Waals surface area (Å²) in [6.07, 6.45) is 0. The molecule has 1 aliphatic rings. The number of nitro benzene ring substituents is 1. The van der Waals surface area contributed by atoms with Crippen LogP contribution >= 0.6 is 12.4 Å². The molecule has 1 fully saturated rings. The van der Waals surface area contributed by atoms with E-state index in [0.29, 0.717) is 6.54 Å². The van der Waals surface area contributed by atoms with E-state index in [2.05, 4.69) is 5.32 Å². The highest BCUT2D eigenvalue weighted by Crippen LogP contribution is 2.25. The number of nitro groups is 1. The average molecular weight is 330 g/mol. The van der Waals surface area contributed by atoms with Gasteiger partial charge in [-0.2, -0.15) is 0 Å². The molecular formula is C14H20ClN3O4. The highest BCUT2D eigenvalue weighted by atomic mass is 35.5.